The number of nitriles is 1. The second-order valence-electron chi connectivity index (χ2n) is 3.50. The highest BCUT2D eigenvalue weighted by atomic mass is 15.3. The lowest BCUT2D eigenvalue weighted by molar-refractivity contribution is 0.626. The third kappa shape index (κ3) is 4.61. The number of nitrogens with zero attached hydrogens (tertiary/aromatic N) is 3. The Morgan fingerprint density at radius 1 is 1.53 bits per heavy atom. The minimum Gasteiger partial charge on any atom is -0.313 e. The third-order valence-electron chi connectivity index (χ3n) is 2.23. The first kappa shape index (κ1) is 11.7. The van der Waals surface area contributed by atoms with E-state index >= 15 is 0 Å². The summed E-state index contributed by atoms with van der Waals surface area (Å²) in [4.78, 5) is 0. The standard InChI is InChI=1S/C11H18N4/c1-2-15-10-11(9-14-15)8-13-7-5-3-4-6-12/h9-10,13H,2-5,7-8H2,1H3. The second-order valence-corrected chi connectivity index (χ2v) is 3.50. The molecular formula is C11H18N4. The van der Waals surface area contributed by atoms with Crippen LogP contribution in [0.15, 0.2) is 12.4 Å². The molecule has 1 heterocycles. The molecule has 1 rings (SSSR count). The Labute approximate surface area is 90.9 Å². The van der Waals surface area contributed by atoms with Crippen molar-refractivity contribution in [2.45, 2.75) is 39.3 Å². The zero-order chi connectivity index (χ0) is 10.9. The van der Waals surface area contributed by atoms with Gasteiger partial charge in [0.25, 0.3) is 0 Å². The van der Waals surface area contributed by atoms with Crippen LogP contribution in [0.5, 0.6) is 0 Å². The summed E-state index contributed by atoms with van der Waals surface area (Å²) in [7, 11) is 0. The summed E-state index contributed by atoms with van der Waals surface area (Å²) in [6.07, 6.45) is 6.66. The molecule has 0 aliphatic carbocycles. The normalized spacial score (nSPS) is 10.1. The Morgan fingerprint density at radius 2 is 2.40 bits per heavy atom. The van der Waals surface area contributed by atoms with Crippen molar-refractivity contribution in [3.8, 4) is 6.07 Å². The first-order valence-corrected chi connectivity index (χ1v) is 5.45. The van der Waals surface area contributed by atoms with Crippen molar-refractivity contribution >= 4 is 0 Å². The average Bonchev–Trinajstić information content (AvgIpc) is 2.71. The quantitative estimate of drug-likeness (QED) is 0.691. The summed E-state index contributed by atoms with van der Waals surface area (Å²) < 4.78 is 1.92. The van der Waals surface area contributed by atoms with E-state index in [9.17, 15) is 0 Å². The molecule has 0 unspecified atom stereocenters. The fraction of sp³-hybridized carbons (Fsp3) is 0.636. The maximum absolute atomic E-state index is 8.35. The summed E-state index contributed by atoms with van der Waals surface area (Å²) in [5, 5.41) is 15.9. The summed E-state index contributed by atoms with van der Waals surface area (Å²) in [6, 6.07) is 2.15. The molecule has 0 bridgehead atoms. The van der Waals surface area contributed by atoms with Gasteiger partial charge in [-0.25, -0.2) is 0 Å². The highest BCUT2D eigenvalue weighted by Crippen LogP contribution is 1.97. The van der Waals surface area contributed by atoms with Crippen LogP contribution >= 0.6 is 0 Å². The largest absolute Gasteiger partial charge is 0.313 e. The van der Waals surface area contributed by atoms with E-state index < -0.39 is 0 Å². The number of unbranched alkanes of at least 4 members (excludes halogenated alkanes) is 2. The van der Waals surface area contributed by atoms with Crippen LogP contribution in [-0.4, -0.2) is 16.3 Å². The SMILES string of the molecule is CCn1cc(CNCCCCC#N)cn1. The Bertz CT molecular complexity index is 311. The molecule has 1 aromatic heterocycles. The van der Waals surface area contributed by atoms with E-state index in [-0.39, 0.29) is 0 Å². The molecule has 0 saturated carbocycles. The van der Waals surface area contributed by atoms with Gasteiger partial charge in [0, 0.05) is 31.3 Å². The number of aryl methyl sites for hydroxylation is 1. The molecule has 0 fully saturated rings. The monoisotopic (exact) mass is 206 g/mol. The van der Waals surface area contributed by atoms with E-state index in [2.05, 4.69) is 29.6 Å². The minimum absolute atomic E-state index is 0.662. The number of hydrogen-bond acceptors (Lipinski definition) is 3. The van der Waals surface area contributed by atoms with Gasteiger partial charge in [-0.15, -0.1) is 0 Å². The minimum atomic E-state index is 0.662. The van der Waals surface area contributed by atoms with Crippen LogP contribution in [0.3, 0.4) is 0 Å². The van der Waals surface area contributed by atoms with Gasteiger partial charge in [0.05, 0.1) is 12.3 Å². The fourth-order valence-electron chi connectivity index (χ4n) is 1.36. The molecule has 0 aromatic carbocycles. The van der Waals surface area contributed by atoms with E-state index in [1.165, 1.54) is 5.56 Å². The molecule has 0 amide bonds. The molecule has 0 aliphatic rings. The van der Waals surface area contributed by atoms with E-state index in [0.717, 1.165) is 32.5 Å². The average molecular weight is 206 g/mol. The van der Waals surface area contributed by atoms with Crippen LogP contribution in [0.4, 0.5) is 0 Å². The van der Waals surface area contributed by atoms with E-state index in [0.29, 0.717) is 6.42 Å². The van der Waals surface area contributed by atoms with Crippen molar-refractivity contribution in [1.82, 2.24) is 15.1 Å². The summed E-state index contributed by atoms with van der Waals surface area (Å²) in [6.45, 7) is 4.83. The van der Waals surface area contributed by atoms with Gasteiger partial charge < -0.3 is 5.32 Å². The van der Waals surface area contributed by atoms with Gasteiger partial charge in [-0.1, -0.05) is 0 Å². The second kappa shape index (κ2) is 7.02. The molecule has 82 valence electrons. The van der Waals surface area contributed by atoms with Crippen LogP contribution < -0.4 is 5.32 Å². The fourth-order valence-corrected chi connectivity index (χ4v) is 1.36. The Morgan fingerprint density at radius 3 is 3.07 bits per heavy atom. The lowest BCUT2D eigenvalue weighted by Gasteiger charge is -2.00. The summed E-state index contributed by atoms with van der Waals surface area (Å²) in [5.74, 6) is 0. The van der Waals surface area contributed by atoms with Crippen LogP contribution in [0.2, 0.25) is 0 Å². The predicted octanol–water partition coefficient (Wildman–Crippen LogP) is 1.69. The van der Waals surface area contributed by atoms with E-state index in [1.54, 1.807) is 0 Å². The molecule has 4 heteroatoms. The van der Waals surface area contributed by atoms with Crippen molar-refractivity contribution in [3.63, 3.8) is 0 Å². The number of nitrogens with one attached hydrogen (secondary N) is 1. The molecule has 0 spiro atoms. The van der Waals surface area contributed by atoms with Crippen LogP contribution in [0.25, 0.3) is 0 Å². The summed E-state index contributed by atoms with van der Waals surface area (Å²) >= 11 is 0. The highest BCUT2D eigenvalue weighted by molar-refractivity contribution is 5.02. The summed E-state index contributed by atoms with van der Waals surface area (Å²) in [5.41, 5.74) is 1.22. The molecule has 15 heavy (non-hydrogen) atoms. The predicted molar refractivity (Wildman–Crippen MR) is 59.1 cm³/mol. The lowest BCUT2D eigenvalue weighted by atomic mass is 10.2. The number of hydrogen-bond donors (Lipinski definition) is 1. The molecule has 0 aliphatic heterocycles. The van der Waals surface area contributed by atoms with Gasteiger partial charge in [0.2, 0.25) is 0 Å². The smallest absolute Gasteiger partial charge is 0.0621 e. The van der Waals surface area contributed by atoms with Crippen molar-refractivity contribution in [2.75, 3.05) is 6.54 Å². The molecule has 1 N–H and O–H groups in total. The third-order valence-corrected chi connectivity index (χ3v) is 2.23. The van der Waals surface area contributed by atoms with Crippen LogP contribution in [-0.2, 0) is 13.1 Å². The van der Waals surface area contributed by atoms with Gasteiger partial charge in [-0.3, -0.25) is 4.68 Å². The maximum Gasteiger partial charge on any atom is 0.0621 e. The van der Waals surface area contributed by atoms with E-state index in [4.69, 9.17) is 5.26 Å². The first-order valence-electron chi connectivity index (χ1n) is 5.45. The van der Waals surface area contributed by atoms with Gasteiger partial charge in [-0.05, 0) is 26.3 Å². The molecule has 0 radical (unpaired) electrons. The topological polar surface area (TPSA) is 53.6 Å². The van der Waals surface area contributed by atoms with Crippen LogP contribution in [0, 0.1) is 11.3 Å². The van der Waals surface area contributed by atoms with Gasteiger partial charge in [0.1, 0.15) is 0 Å². The van der Waals surface area contributed by atoms with Crippen LogP contribution in [0.1, 0.15) is 31.7 Å². The maximum atomic E-state index is 8.35. The number of aromatic nitrogens is 2. The van der Waals surface area contributed by atoms with Gasteiger partial charge in [-0.2, -0.15) is 10.4 Å². The van der Waals surface area contributed by atoms with Crippen molar-refractivity contribution in [1.29, 1.82) is 5.26 Å². The Hall–Kier alpha value is -1.34. The van der Waals surface area contributed by atoms with Gasteiger partial charge in [0.15, 0.2) is 0 Å². The van der Waals surface area contributed by atoms with Crippen molar-refractivity contribution in [3.05, 3.63) is 18.0 Å². The van der Waals surface area contributed by atoms with Crippen molar-refractivity contribution in [2.24, 2.45) is 0 Å². The van der Waals surface area contributed by atoms with Gasteiger partial charge >= 0.3 is 0 Å². The lowest BCUT2D eigenvalue weighted by Crippen LogP contribution is -2.14. The zero-order valence-corrected chi connectivity index (χ0v) is 9.24. The van der Waals surface area contributed by atoms with E-state index in [1.807, 2.05) is 10.9 Å². The first-order chi connectivity index (χ1) is 7.36. The molecule has 0 saturated heterocycles. The number of rotatable bonds is 7. The molecule has 1 aromatic rings. The molecule has 4 nitrogen and oxygen atoms in total. The Balaban J connectivity index is 2.07. The molecular weight excluding hydrogens is 188 g/mol. The molecule has 0 atom stereocenters. The zero-order valence-electron chi connectivity index (χ0n) is 9.24. The highest BCUT2D eigenvalue weighted by Gasteiger charge is 1.96. The Kier molecular flexibility index (Phi) is 5.49. The van der Waals surface area contributed by atoms with Crippen molar-refractivity contribution < 1.29 is 0 Å².